The Bertz CT molecular complexity index is 468. The van der Waals surface area contributed by atoms with Crippen LogP contribution in [-0.2, 0) is 0 Å². The van der Waals surface area contributed by atoms with E-state index < -0.39 is 0 Å². The number of hydrogen-bond acceptors (Lipinski definition) is 1. The molecule has 0 radical (unpaired) electrons. The van der Waals surface area contributed by atoms with Gasteiger partial charge < -0.3 is 0 Å². The van der Waals surface area contributed by atoms with E-state index in [4.69, 9.17) is 0 Å². The molecule has 1 aromatic heterocycles. The lowest BCUT2D eigenvalue weighted by atomic mass is 10.1. The van der Waals surface area contributed by atoms with Gasteiger partial charge in [0.2, 0.25) is 0 Å². The maximum absolute atomic E-state index is 13.0. The van der Waals surface area contributed by atoms with E-state index in [1.165, 1.54) is 12.1 Å². The Morgan fingerprint density at radius 2 is 2.15 bits per heavy atom. The molecule has 1 nitrogen and oxygen atoms in total. The zero-order valence-corrected chi connectivity index (χ0v) is 8.60. The van der Waals surface area contributed by atoms with Gasteiger partial charge in [0, 0.05) is 16.1 Å². The van der Waals surface area contributed by atoms with E-state index in [2.05, 4.69) is 20.9 Å². The minimum Gasteiger partial charge on any atom is -0.255 e. The van der Waals surface area contributed by atoms with Gasteiger partial charge in [0.15, 0.2) is 0 Å². The predicted octanol–water partition coefficient (Wildman–Crippen LogP) is 3.44. The maximum Gasteiger partial charge on any atom is 0.125 e. The maximum atomic E-state index is 13.0. The van der Waals surface area contributed by atoms with Gasteiger partial charge in [-0.2, -0.15) is 0 Å². The molecule has 1 aromatic carbocycles. The van der Waals surface area contributed by atoms with Gasteiger partial charge in [0.05, 0.1) is 5.52 Å². The first-order chi connectivity index (χ1) is 6.18. The smallest absolute Gasteiger partial charge is 0.125 e. The summed E-state index contributed by atoms with van der Waals surface area (Å²) in [5.41, 5.74) is 1.84. The summed E-state index contributed by atoms with van der Waals surface area (Å²) >= 11 is 3.28. The summed E-state index contributed by atoms with van der Waals surface area (Å²) in [5, 5.41) is 0.856. The molecule has 66 valence electrons. The van der Waals surface area contributed by atoms with E-state index in [9.17, 15) is 4.39 Å². The van der Waals surface area contributed by atoms with Crippen molar-refractivity contribution in [2.75, 3.05) is 0 Å². The second kappa shape index (κ2) is 3.07. The molecule has 2 aromatic rings. The summed E-state index contributed by atoms with van der Waals surface area (Å²) in [6.45, 7) is 1.94. The first-order valence-corrected chi connectivity index (χ1v) is 4.68. The van der Waals surface area contributed by atoms with E-state index in [1.54, 1.807) is 6.20 Å². The Morgan fingerprint density at radius 1 is 1.38 bits per heavy atom. The molecule has 0 aliphatic heterocycles. The molecule has 1 heterocycles. The summed E-state index contributed by atoms with van der Waals surface area (Å²) in [4.78, 5) is 4.17. The number of aromatic nitrogens is 1. The van der Waals surface area contributed by atoms with Crippen LogP contribution >= 0.6 is 15.9 Å². The number of pyridine rings is 1. The minimum atomic E-state index is -0.240. The zero-order valence-electron chi connectivity index (χ0n) is 7.01. The standard InChI is InChI=1S/C10H7BrFN/c1-6-2-3-13-10-8(6)4-7(12)5-9(10)11/h2-5H,1H3. The Morgan fingerprint density at radius 3 is 2.92 bits per heavy atom. The van der Waals surface area contributed by atoms with Gasteiger partial charge in [-0.15, -0.1) is 0 Å². The highest BCUT2D eigenvalue weighted by Crippen LogP contribution is 2.25. The lowest BCUT2D eigenvalue weighted by Gasteiger charge is -2.02. The van der Waals surface area contributed by atoms with Crippen molar-refractivity contribution in [2.45, 2.75) is 6.92 Å². The van der Waals surface area contributed by atoms with Crippen molar-refractivity contribution < 1.29 is 4.39 Å². The molecular weight excluding hydrogens is 233 g/mol. The molecule has 0 aliphatic rings. The van der Waals surface area contributed by atoms with Crippen molar-refractivity contribution in [1.82, 2.24) is 4.98 Å². The molecule has 2 rings (SSSR count). The van der Waals surface area contributed by atoms with Crippen LogP contribution in [0.25, 0.3) is 10.9 Å². The molecule has 0 spiro atoms. The molecule has 0 aliphatic carbocycles. The first kappa shape index (κ1) is 8.63. The van der Waals surface area contributed by atoms with Gasteiger partial charge >= 0.3 is 0 Å². The molecular formula is C10H7BrFN. The van der Waals surface area contributed by atoms with Gasteiger partial charge in [-0.1, -0.05) is 0 Å². The second-order valence-electron chi connectivity index (χ2n) is 2.91. The molecule has 0 amide bonds. The third-order valence-corrected chi connectivity index (χ3v) is 2.59. The largest absolute Gasteiger partial charge is 0.255 e. The number of hydrogen-bond donors (Lipinski definition) is 0. The van der Waals surface area contributed by atoms with Crippen molar-refractivity contribution in [3.8, 4) is 0 Å². The summed E-state index contributed by atoms with van der Waals surface area (Å²) in [5.74, 6) is -0.240. The fourth-order valence-electron chi connectivity index (χ4n) is 1.31. The van der Waals surface area contributed by atoms with Gasteiger partial charge in [0.25, 0.3) is 0 Å². The number of rotatable bonds is 0. The van der Waals surface area contributed by atoms with Gasteiger partial charge in [0.1, 0.15) is 5.82 Å². The highest BCUT2D eigenvalue weighted by Gasteiger charge is 2.04. The van der Waals surface area contributed by atoms with Crippen LogP contribution in [-0.4, -0.2) is 4.98 Å². The van der Waals surface area contributed by atoms with E-state index in [1.807, 2.05) is 13.0 Å². The van der Waals surface area contributed by atoms with Crippen molar-refractivity contribution in [3.05, 3.63) is 40.2 Å². The van der Waals surface area contributed by atoms with Crippen molar-refractivity contribution >= 4 is 26.8 Å². The molecule has 13 heavy (non-hydrogen) atoms. The number of aryl methyl sites for hydroxylation is 1. The number of halogens is 2. The monoisotopic (exact) mass is 239 g/mol. The molecule has 0 saturated heterocycles. The van der Waals surface area contributed by atoms with Crippen molar-refractivity contribution in [2.24, 2.45) is 0 Å². The quantitative estimate of drug-likeness (QED) is 0.687. The summed E-state index contributed by atoms with van der Waals surface area (Å²) < 4.78 is 13.7. The van der Waals surface area contributed by atoms with Crippen LogP contribution in [0.15, 0.2) is 28.9 Å². The summed E-state index contributed by atoms with van der Waals surface area (Å²) in [6.07, 6.45) is 1.72. The van der Waals surface area contributed by atoms with Crippen LogP contribution in [0.5, 0.6) is 0 Å². The fraction of sp³-hybridized carbons (Fsp3) is 0.100. The molecule has 0 fully saturated rings. The third kappa shape index (κ3) is 1.44. The predicted molar refractivity (Wildman–Crippen MR) is 54.1 cm³/mol. The van der Waals surface area contributed by atoms with Gasteiger partial charge in [-0.3, -0.25) is 4.98 Å². The number of nitrogens with zero attached hydrogens (tertiary/aromatic N) is 1. The Balaban J connectivity index is 2.94. The van der Waals surface area contributed by atoms with Crippen molar-refractivity contribution in [3.63, 3.8) is 0 Å². The van der Waals surface area contributed by atoms with Crippen LogP contribution in [0, 0.1) is 12.7 Å². The molecule has 0 N–H and O–H groups in total. The Kier molecular flexibility index (Phi) is 2.04. The van der Waals surface area contributed by atoms with E-state index in [0.717, 1.165) is 16.5 Å². The van der Waals surface area contributed by atoms with E-state index in [0.29, 0.717) is 4.47 Å². The van der Waals surface area contributed by atoms with Gasteiger partial charge in [-0.25, -0.2) is 4.39 Å². The summed E-state index contributed by atoms with van der Waals surface area (Å²) in [7, 11) is 0. The lowest BCUT2D eigenvalue weighted by molar-refractivity contribution is 0.628. The topological polar surface area (TPSA) is 12.9 Å². The zero-order chi connectivity index (χ0) is 9.42. The van der Waals surface area contributed by atoms with Crippen molar-refractivity contribution in [1.29, 1.82) is 0 Å². The third-order valence-electron chi connectivity index (χ3n) is 1.98. The van der Waals surface area contributed by atoms with Crippen LogP contribution in [0.1, 0.15) is 5.56 Å². The SMILES string of the molecule is Cc1ccnc2c(Br)cc(F)cc12. The van der Waals surface area contributed by atoms with Crippen LogP contribution in [0.3, 0.4) is 0 Å². The molecule has 0 saturated carbocycles. The molecule has 0 bridgehead atoms. The Hall–Kier alpha value is -0.960. The van der Waals surface area contributed by atoms with Gasteiger partial charge in [-0.05, 0) is 46.6 Å². The average molecular weight is 240 g/mol. The minimum absolute atomic E-state index is 0.240. The average Bonchev–Trinajstić information content (AvgIpc) is 2.07. The molecule has 0 unspecified atom stereocenters. The van der Waals surface area contributed by atoms with Crippen LogP contribution in [0.4, 0.5) is 4.39 Å². The highest BCUT2D eigenvalue weighted by molar-refractivity contribution is 9.10. The normalized spacial score (nSPS) is 10.7. The second-order valence-corrected chi connectivity index (χ2v) is 3.77. The number of fused-ring (bicyclic) bond motifs is 1. The molecule has 3 heteroatoms. The Labute approximate surface area is 83.7 Å². The molecule has 0 atom stereocenters. The lowest BCUT2D eigenvalue weighted by Crippen LogP contribution is -1.85. The highest BCUT2D eigenvalue weighted by atomic mass is 79.9. The van der Waals surface area contributed by atoms with E-state index in [-0.39, 0.29) is 5.82 Å². The van der Waals surface area contributed by atoms with Crippen LogP contribution < -0.4 is 0 Å². The number of benzene rings is 1. The summed E-state index contributed by atoms with van der Waals surface area (Å²) in [6, 6.07) is 4.80. The van der Waals surface area contributed by atoms with Crippen LogP contribution in [0.2, 0.25) is 0 Å². The fourth-order valence-corrected chi connectivity index (χ4v) is 1.85. The first-order valence-electron chi connectivity index (χ1n) is 3.89. The van der Waals surface area contributed by atoms with E-state index >= 15 is 0 Å².